The lowest BCUT2D eigenvalue weighted by atomic mass is 9.84. The quantitative estimate of drug-likeness (QED) is 0.835. The number of nitrogens with one attached hydrogen (secondary N) is 1. The van der Waals surface area contributed by atoms with E-state index < -0.39 is 0 Å². The smallest absolute Gasteiger partial charge is 0.0314 e. The van der Waals surface area contributed by atoms with Gasteiger partial charge in [-0.15, -0.1) is 11.3 Å². The number of halogens is 1. The molecule has 0 bridgehead atoms. The molecule has 0 radical (unpaired) electrons. The molecule has 0 amide bonds. The topological polar surface area (TPSA) is 12.0 Å². The molecule has 1 aliphatic carbocycles. The monoisotopic (exact) mass is 315 g/mol. The van der Waals surface area contributed by atoms with Crippen LogP contribution in [0, 0.1) is 12.8 Å². The Morgan fingerprint density at radius 3 is 2.59 bits per heavy atom. The molecule has 0 aliphatic heterocycles. The van der Waals surface area contributed by atoms with Crippen LogP contribution in [0.5, 0.6) is 0 Å². The molecule has 2 rings (SSSR count). The van der Waals surface area contributed by atoms with Crippen molar-refractivity contribution in [2.45, 2.75) is 58.5 Å². The fourth-order valence-corrected chi connectivity index (χ4v) is 4.18. The molecule has 1 fully saturated rings. The zero-order valence-corrected chi connectivity index (χ0v) is 13.2. The molecule has 1 N–H and O–H groups in total. The lowest BCUT2D eigenvalue weighted by Crippen LogP contribution is -2.32. The number of hydrogen-bond donors (Lipinski definition) is 1. The molecule has 0 unspecified atom stereocenters. The van der Waals surface area contributed by atoms with Crippen molar-refractivity contribution in [2.75, 3.05) is 0 Å². The summed E-state index contributed by atoms with van der Waals surface area (Å²) in [6, 6.07) is 3.00. The summed E-state index contributed by atoms with van der Waals surface area (Å²) in [7, 11) is 0. The van der Waals surface area contributed by atoms with E-state index in [0.717, 1.165) is 18.5 Å². The van der Waals surface area contributed by atoms with Crippen LogP contribution in [-0.4, -0.2) is 6.04 Å². The molecule has 1 nitrogen and oxygen atoms in total. The minimum Gasteiger partial charge on any atom is -0.309 e. The largest absolute Gasteiger partial charge is 0.309 e. The van der Waals surface area contributed by atoms with Crippen LogP contribution in [0.3, 0.4) is 0 Å². The fraction of sp³-hybridized carbons (Fsp3) is 0.714. The van der Waals surface area contributed by atoms with Gasteiger partial charge in [0.2, 0.25) is 0 Å². The van der Waals surface area contributed by atoms with Crippen LogP contribution in [-0.2, 0) is 6.54 Å². The highest BCUT2D eigenvalue weighted by molar-refractivity contribution is 9.10. The fourth-order valence-electron chi connectivity index (χ4n) is 2.62. The van der Waals surface area contributed by atoms with Crippen LogP contribution in [0.1, 0.15) is 48.8 Å². The van der Waals surface area contributed by atoms with Gasteiger partial charge in [0.15, 0.2) is 0 Å². The van der Waals surface area contributed by atoms with Crippen LogP contribution >= 0.6 is 27.3 Å². The van der Waals surface area contributed by atoms with Gasteiger partial charge in [-0.25, -0.2) is 0 Å². The second kappa shape index (κ2) is 6.35. The molecule has 1 aromatic heterocycles. The third kappa shape index (κ3) is 3.80. The van der Waals surface area contributed by atoms with Crippen LogP contribution in [0.2, 0.25) is 0 Å². The van der Waals surface area contributed by atoms with Crippen LogP contribution < -0.4 is 5.32 Å². The Morgan fingerprint density at radius 1 is 1.35 bits per heavy atom. The second-order valence-electron chi connectivity index (χ2n) is 5.12. The van der Waals surface area contributed by atoms with Gasteiger partial charge in [-0.3, -0.25) is 0 Å². The van der Waals surface area contributed by atoms with E-state index in [1.54, 1.807) is 0 Å². The standard InChI is InChI=1S/C14H22BrNS/c1-3-11-4-6-12(7-5-11)16-9-13-8-14(15)10(2)17-13/h8,11-12,16H,3-7,9H2,1-2H3. The van der Waals surface area contributed by atoms with Gasteiger partial charge in [-0.2, -0.15) is 0 Å². The summed E-state index contributed by atoms with van der Waals surface area (Å²) >= 11 is 5.48. The second-order valence-corrected chi connectivity index (χ2v) is 7.32. The summed E-state index contributed by atoms with van der Waals surface area (Å²) in [5.41, 5.74) is 0. The molecule has 0 saturated heterocycles. The molecule has 1 saturated carbocycles. The minimum atomic E-state index is 0.749. The van der Waals surface area contributed by atoms with Crippen molar-refractivity contribution in [1.82, 2.24) is 5.32 Å². The first kappa shape index (κ1) is 13.6. The highest BCUT2D eigenvalue weighted by Gasteiger charge is 2.19. The minimum absolute atomic E-state index is 0.749. The van der Waals surface area contributed by atoms with Crippen LogP contribution in [0.15, 0.2) is 10.5 Å². The molecule has 0 spiro atoms. The summed E-state index contributed by atoms with van der Waals surface area (Å²) in [4.78, 5) is 2.84. The highest BCUT2D eigenvalue weighted by atomic mass is 79.9. The zero-order valence-electron chi connectivity index (χ0n) is 10.8. The van der Waals surface area contributed by atoms with Gasteiger partial charge in [-0.05, 0) is 60.5 Å². The van der Waals surface area contributed by atoms with Crippen LogP contribution in [0.4, 0.5) is 0 Å². The van der Waals surface area contributed by atoms with E-state index in [0.29, 0.717) is 0 Å². The summed E-state index contributed by atoms with van der Waals surface area (Å²) in [5.74, 6) is 0.992. The van der Waals surface area contributed by atoms with Crippen molar-refractivity contribution >= 4 is 27.3 Å². The molecule has 1 aliphatic rings. The van der Waals surface area contributed by atoms with Gasteiger partial charge in [0, 0.05) is 26.8 Å². The summed E-state index contributed by atoms with van der Waals surface area (Å²) < 4.78 is 1.26. The van der Waals surface area contributed by atoms with E-state index in [2.05, 4.69) is 41.2 Å². The third-order valence-corrected chi connectivity index (χ3v) is 6.03. The summed E-state index contributed by atoms with van der Waals surface area (Å²) in [6.45, 7) is 5.54. The van der Waals surface area contributed by atoms with Gasteiger partial charge < -0.3 is 5.32 Å². The first-order valence-corrected chi connectivity index (χ1v) is 8.28. The average Bonchev–Trinajstić information content (AvgIpc) is 2.67. The molecule has 17 heavy (non-hydrogen) atoms. The zero-order chi connectivity index (χ0) is 12.3. The van der Waals surface area contributed by atoms with Gasteiger partial charge in [-0.1, -0.05) is 13.3 Å². The molecule has 3 heteroatoms. The Morgan fingerprint density at radius 2 is 2.06 bits per heavy atom. The molecular weight excluding hydrogens is 294 g/mol. The SMILES string of the molecule is CCC1CCC(NCc2cc(Br)c(C)s2)CC1. The number of thiophene rings is 1. The highest BCUT2D eigenvalue weighted by Crippen LogP contribution is 2.28. The lowest BCUT2D eigenvalue weighted by Gasteiger charge is -2.28. The number of hydrogen-bond acceptors (Lipinski definition) is 2. The molecule has 1 heterocycles. The predicted octanol–water partition coefficient (Wildman–Crippen LogP) is 4.88. The Hall–Kier alpha value is 0.140. The molecule has 0 aromatic carbocycles. The normalized spacial score (nSPS) is 25.1. The maximum Gasteiger partial charge on any atom is 0.0314 e. The van der Waals surface area contributed by atoms with Crippen molar-refractivity contribution in [3.8, 4) is 0 Å². The van der Waals surface area contributed by atoms with E-state index in [1.807, 2.05) is 11.3 Å². The average molecular weight is 316 g/mol. The maximum absolute atomic E-state index is 3.71. The van der Waals surface area contributed by atoms with E-state index in [1.165, 1.54) is 46.3 Å². The van der Waals surface area contributed by atoms with Crippen molar-refractivity contribution in [1.29, 1.82) is 0 Å². The maximum atomic E-state index is 3.71. The van der Waals surface area contributed by atoms with Crippen molar-refractivity contribution in [3.05, 3.63) is 20.3 Å². The molecular formula is C14H22BrNS. The number of rotatable bonds is 4. The molecule has 0 atom stereocenters. The first-order valence-electron chi connectivity index (χ1n) is 6.67. The van der Waals surface area contributed by atoms with Crippen LogP contribution in [0.25, 0.3) is 0 Å². The Bertz CT molecular complexity index is 334. The molecule has 96 valence electrons. The van der Waals surface area contributed by atoms with Crippen molar-refractivity contribution in [2.24, 2.45) is 5.92 Å². The Balaban J connectivity index is 1.75. The van der Waals surface area contributed by atoms with Crippen molar-refractivity contribution in [3.63, 3.8) is 0 Å². The van der Waals surface area contributed by atoms with Crippen molar-refractivity contribution < 1.29 is 0 Å². The molecule has 1 aromatic rings. The Labute approximate surface area is 117 Å². The van der Waals surface area contributed by atoms with Gasteiger partial charge >= 0.3 is 0 Å². The summed E-state index contributed by atoms with van der Waals surface area (Å²) in [5, 5.41) is 3.71. The summed E-state index contributed by atoms with van der Waals surface area (Å²) in [6.07, 6.45) is 6.93. The van der Waals surface area contributed by atoms with Gasteiger partial charge in [0.1, 0.15) is 0 Å². The lowest BCUT2D eigenvalue weighted by molar-refractivity contribution is 0.285. The van der Waals surface area contributed by atoms with Gasteiger partial charge in [0.25, 0.3) is 0 Å². The first-order chi connectivity index (χ1) is 8.19. The Kier molecular flexibility index (Phi) is 5.07. The number of aryl methyl sites for hydroxylation is 1. The van der Waals surface area contributed by atoms with E-state index >= 15 is 0 Å². The third-order valence-electron chi connectivity index (χ3n) is 3.90. The van der Waals surface area contributed by atoms with Gasteiger partial charge in [0.05, 0.1) is 0 Å². The predicted molar refractivity (Wildman–Crippen MR) is 79.6 cm³/mol. The van der Waals surface area contributed by atoms with E-state index in [4.69, 9.17) is 0 Å². The van der Waals surface area contributed by atoms with E-state index in [-0.39, 0.29) is 0 Å². The van der Waals surface area contributed by atoms with E-state index in [9.17, 15) is 0 Å².